The van der Waals surface area contributed by atoms with Crippen LogP contribution < -0.4 is 5.73 Å². The number of allylic oxidation sites excluding steroid dienone is 1. The van der Waals surface area contributed by atoms with Crippen LogP contribution in [0.4, 0.5) is 5.69 Å². The molecule has 0 spiro atoms. The van der Waals surface area contributed by atoms with E-state index in [9.17, 15) is 20.4 Å². The molecule has 2 aliphatic rings. The average Bonchev–Trinajstić information content (AvgIpc) is 2.82. The van der Waals surface area contributed by atoms with Crippen molar-refractivity contribution in [2.24, 2.45) is 17.8 Å². The van der Waals surface area contributed by atoms with Crippen molar-refractivity contribution in [3.8, 4) is 11.1 Å². The number of aryl methyl sites for hydroxylation is 1. The van der Waals surface area contributed by atoms with Crippen LogP contribution in [0.1, 0.15) is 80.9 Å². The zero-order valence-electron chi connectivity index (χ0n) is 21.8. The molecule has 2 aliphatic carbocycles. The summed E-state index contributed by atoms with van der Waals surface area (Å²) in [5, 5.41) is 43.8. The van der Waals surface area contributed by atoms with Gasteiger partial charge in [0.25, 0.3) is 0 Å². The second kappa shape index (κ2) is 10.7. The van der Waals surface area contributed by atoms with E-state index in [0.717, 1.165) is 58.7 Å². The van der Waals surface area contributed by atoms with Crippen LogP contribution in [-0.2, 0) is 6.42 Å². The zero-order valence-corrected chi connectivity index (χ0v) is 21.8. The molecule has 196 valence electrons. The van der Waals surface area contributed by atoms with Gasteiger partial charge in [0.2, 0.25) is 0 Å². The van der Waals surface area contributed by atoms with E-state index in [1.165, 1.54) is 12.8 Å². The van der Waals surface area contributed by atoms with Crippen LogP contribution in [0, 0.1) is 24.7 Å². The number of hydrogen-bond acceptors (Lipinski definition) is 5. The molecule has 0 aliphatic heterocycles. The lowest BCUT2D eigenvalue weighted by Gasteiger charge is -2.47. The Hall–Kier alpha value is -2.18. The largest absolute Gasteiger partial charge is 0.398 e. The maximum absolute atomic E-state index is 11.0. The third kappa shape index (κ3) is 5.86. The van der Waals surface area contributed by atoms with Gasteiger partial charge >= 0.3 is 0 Å². The second-order valence-electron chi connectivity index (χ2n) is 11.6. The maximum Gasteiger partial charge on any atom is 0.171 e. The van der Waals surface area contributed by atoms with Gasteiger partial charge in [0.1, 0.15) is 0 Å². The molecule has 5 heteroatoms. The normalized spacial score (nSPS) is 27.5. The Labute approximate surface area is 215 Å². The first-order valence-electron chi connectivity index (χ1n) is 13.5. The highest BCUT2D eigenvalue weighted by Gasteiger charge is 2.54. The molecular formula is C31H43NO4. The molecule has 0 unspecified atom stereocenters. The molecule has 2 saturated carbocycles. The molecular weight excluding hydrogens is 450 g/mol. The van der Waals surface area contributed by atoms with Crippen molar-refractivity contribution in [1.29, 1.82) is 0 Å². The Bertz CT molecular complexity index is 1030. The van der Waals surface area contributed by atoms with Gasteiger partial charge in [0.15, 0.2) is 11.6 Å². The number of anilines is 1. The Morgan fingerprint density at radius 1 is 0.917 bits per heavy atom. The Morgan fingerprint density at radius 3 is 2.11 bits per heavy atom. The molecule has 5 nitrogen and oxygen atoms in total. The zero-order chi connectivity index (χ0) is 26.1. The molecule has 4 rings (SSSR count). The first-order chi connectivity index (χ1) is 17.0. The highest BCUT2D eigenvalue weighted by atomic mass is 16.5. The minimum Gasteiger partial charge on any atom is -0.398 e. The molecule has 2 fully saturated rings. The Morgan fingerprint density at radius 2 is 1.53 bits per heavy atom. The minimum absolute atomic E-state index is 0.0893. The van der Waals surface area contributed by atoms with Crippen molar-refractivity contribution in [2.75, 3.05) is 5.73 Å². The van der Waals surface area contributed by atoms with Gasteiger partial charge in [-0.1, -0.05) is 62.9 Å². The van der Waals surface area contributed by atoms with Crippen LogP contribution in [0.25, 0.3) is 11.1 Å². The molecule has 0 saturated heterocycles. The maximum atomic E-state index is 11.0. The number of hydrogen-bond donors (Lipinski definition) is 5. The van der Waals surface area contributed by atoms with Gasteiger partial charge in [-0.25, -0.2) is 0 Å². The summed E-state index contributed by atoms with van der Waals surface area (Å²) < 4.78 is 0. The lowest BCUT2D eigenvalue weighted by atomic mass is 9.68. The smallest absolute Gasteiger partial charge is 0.171 e. The number of benzene rings is 2. The van der Waals surface area contributed by atoms with Gasteiger partial charge < -0.3 is 26.2 Å². The number of nitrogens with two attached hydrogens (primary N) is 1. The molecule has 0 aromatic heterocycles. The number of nitrogen functional groups attached to an aromatic ring is 1. The average molecular weight is 494 g/mol. The molecule has 2 aromatic carbocycles. The second-order valence-corrected chi connectivity index (χ2v) is 11.6. The van der Waals surface area contributed by atoms with E-state index >= 15 is 0 Å². The lowest BCUT2D eigenvalue weighted by molar-refractivity contribution is -0.330. The van der Waals surface area contributed by atoms with Crippen LogP contribution in [0.5, 0.6) is 0 Å². The predicted molar refractivity (Wildman–Crippen MR) is 145 cm³/mol. The van der Waals surface area contributed by atoms with E-state index in [0.29, 0.717) is 18.8 Å². The Balaban J connectivity index is 1.47. The van der Waals surface area contributed by atoms with Crippen LogP contribution in [0.3, 0.4) is 0 Å². The molecule has 6 N–H and O–H groups in total. The fourth-order valence-corrected chi connectivity index (χ4v) is 6.48. The van der Waals surface area contributed by atoms with Crippen molar-refractivity contribution < 1.29 is 20.4 Å². The lowest BCUT2D eigenvalue weighted by Crippen LogP contribution is -2.57. The van der Waals surface area contributed by atoms with Gasteiger partial charge in [-0.15, -0.1) is 6.58 Å². The molecule has 0 radical (unpaired) electrons. The van der Waals surface area contributed by atoms with Crippen LogP contribution in [-0.4, -0.2) is 32.0 Å². The highest BCUT2D eigenvalue weighted by Crippen LogP contribution is 2.48. The van der Waals surface area contributed by atoms with Crippen molar-refractivity contribution in [2.45, 2.75) is 89.1 Å². The molecule has 0 heterocycles. The molecule has 0 atom stereocenters. The summed E-state index contributed by atoms with van der Waals surface area (Å²) in [5.74, 6) is -4.30. The van der Waals surface area contributed by atoms with Crippen LogP contribution in [0.2, 0.25) is 0 Å². The first kappa shape index (κ1) is 26.9. The molecule has 0 amide bonds. The standard InChI is InChI=1S/C31H43NO4/c1-4-5-25-17-26(16-21(3)29(25)32)23-11-13-24(14-12-23)27-18-30(33,34)28(31(35,36)19-27)15-10-22-8-6-20(2)7-9-22/h4,11-14,16-17,20,22,27-28,33-36H,1,5-10,15,18-19,32H2,2-3H3. The molecule has 0 bridgehead atoms. The van der Waals surface area contributed by atoms with Gasteiger partial charge in [-0.3, -0.25) is 0 Å². The van der Waals surface area contributed by atoms with Crippen molar-refractivity contribution >= 4 is 5.69 Å². The van der Waals surface area contributed by atoms with Gasteiger partial charge in [0.05, 0.1) is 5.92 Å². The predicted octanol–water partition coefficient (Wildman–Crippen LogP) is 5.43. The summed E-state index contributed by atoms with van der Waals surface area (Å²) in [5.41, 5.74) is 12.0. The fraction of sp³-hybridized carbons (Fsp3) is 0.548. The summed E-state index contributed by atoms with van der Waals surface area (Å²) in [6.45, 7) is 8.10. The van der Waals surface area contributed by atoms with E-state index in [-0.39, 0.29) is 18.8 Å². The monoisotopic (exact) mass is 493 g/mol. The first-order valence-corrected chi connectivity index (χ1v) is 13.5. The summed E-state index contributed by atoms with van der Waals surface area (Å²) in [6, 6.07) is 12.1. The third-order valence-electron chi connectivity index (χ3n) is 8.76. The summed E-state index contributed by atoms with van der Waals surface area (Å²) >= 11 is 0. The minimum atomic E-state index is -2.12. The third-order valence-corrected chi connectivity index (χ3v) is 8.76. The molecule has 36 heavy (non-hydrogen) atoms. The van der Waals surface area contributed by atoms with Gasteiger partial charge in [-0.05, 0) is 83.9 Å². The SMILES string of the molecule is C=CCc1cc(-c2ccc(C3CC(O)(O)C(CCC4CCC(C)CC4)C(O)(O)C3)cc2)cc(C)c1N. The quantitative estimate of drug-likeness (QED) is 0.201. The van der Waals surface area contributed by atoms with E-state index in [1.54, 1.807) is 0 Å². The number of rotatable bonds is 7. The molecule has 2 aromatic rings. The van der Waals surface area contributed by atoms with E-state index in [2.05, 4.69) is 25.6 Å². The summed E-state index contributed by atoms with van der Waals surface area (Å²) in [4.78, 5) is 0. The van der Waals surface area contributed by atoms with E-state index in [4.69, 9.17) is 5.73 Å². The van der Waals surface area contributed by atoms with Crippen molar-refractivity contribution in [3.05, 3.63) is 65.7 Å². The van der Waals surface area contributed by atoms with Crippen LogP contribution >= 0.6 is 0 Å². The highest BCUT2D eigenvalue weighted by molar-refractivity contribution is 5.70. The van der Waals surface area contributed by atoms with Crippen molar-refractivity contribution in [1.82, 2.24) is 0 Å². The summed E-state index contributed by atoms with van der Waals surface area (Å²) in [6.07, 6.45) is 8.61. The topological polar surface area (TPSA) is 107 Å². The summed E-state index contributed by atoms with van der Waals surface area (Å²) in [7, 11) is 0. The van der Waals surface area contributed by atoms with Crippen molar-refractivity contribution in [3.63, 3.8) is 0 Å². The Kier molecular flexibility index (Phi) is 7.96. The fourth-order valence-electron chi connectivity index (χ4n) is 6.48. The van der Waals surface area contributed by atoms with Gasteiger partial charge in [-0.2, -0.15) is 0 Å². The number of aliphatic hydroxyl groups is 4. The van der Waals surface area contributed by atoms with Gasteiger partial charge in [0, 0.05) is 18.5 Å². The van der Waals surface area contributed by atoms with E-state index in [1.807, 2.05) is 37.3 Å². The van der Waals surface area contributed by atoms with Crippen LogP contribution in [0.15, 0.2) is 49.1 Å². The van der Waals surface area contributed by atoms with E-state index < -0.39 is 17.5 Å².